The van der Waals surface area contributed by atoms with Crippen LogP contribution in [0, 0.1) is 0 Å². The second-order valence-electron chi connectivity index (χ2n) is 8.96. The molecule has 0 bridgehead atoms. The molecule has 0 N–H and O–H groups in total. The fourth-order valence-corrected chi connectivity index (χ4v) is 4.28. The molecule has 2 aliphatic heterocycles. The van der Waals surface area contributed by atoms with Crippen LogP contribution in [-0.4, -0.2) is 36.5 Å². The van der Waals surface area contributed by atoms with E-state index in [2.05, 4.69) is 44.2 Å². The van der Waals surface area contributed by atoms with Crippen molar-refractivity contribution in [3.05, 3.63) is 83.4 Å². The zero-order chi connectivity index (χ0) is 21.9. The van der Waals surface area contributed by atoms with E-state index < -0.39 is 17.7 Å². The van der Waals surface area contributed by atoms with Crippen LogP contribution < -0.4 is 0 Å². The summed E-state index contributed by atoms with van der Waals surface area (Å²) < 4.78 is 31.4. The Morgan fingerprint density at radius 1 is 0.871 bits per heavy atom. The highest BCUT2D eigenvalue weighted by atomic mass is 16.8. The lowest BCUT2D eigenvalue weighted by Crippen LogP contribution is -2.48. The molecule has 2 saturated heterocycles. The number of hydrogen-bond acceptors (Lipinski definition) is 5. The van der Waals surface area contributed by atoms with Gasteiger partial charge >= 0.3 is 0 Å². The van der Waals surface area contributed by atoms with Gasteiger partial charge < -0.3 is 23.7 Å². The zero-order valence-electron chi connectivity index (χ0n) is 18.7. The Morgan fingerprint density at radius 3 is 2.10 bits per heavy atom. The summed E-state index contributed by atoms with van der Waals surface area (Å²) in [6.45, 7) is 9.20. The molecule has 2 aliphatic rings. The fraction of sp³-hybridized carbons (Fsp3) is 0.462. The van der Waals surface area contributed by atoms with E-state index in [9.17, 15) is 0 Å². The lowest BCUT2D eigenvalue weighted by molar-refractivity contribution is -0.243. The molecule has 0 unspecified atom stereocenters. The zero-order valence-corrected chi connectivity index (χ0v) is 18.7. The van der Waals surface area contributed by atoms with Gasteiger partial charge in [0.1, 0.15) is 17.8 Å². The van der Waals surface area contributed by atoms with Crippen molar-refractivity contribution < 1.29 is 23.7 Å². The number of ether oxygens (including phenoxy) is 5. The van der Waals surface area contributed by atoms with Crippen LogP contribution in [0.2, 0.25) is 0 Å². The van der Waals surface area contributed by atoms with Crippen LogP contribution >= 0.6 is 0 Å². The average molecular weight is 425 g/mol. The molecule has 166 valence electrons. The monoisotopic (exact) mass is 424 g/mol. The van der Waals surface area contributed by atoms with Crippen molar-refractivity contribution in [2.45, 2.75) is 70.8 Å². The van der Waals surface area contributed by atoms with Crippen molar-refractivity contribution in [1.82, 2.24) is 0 Å². The molecule has 4 rings (SSSR count). The maximum atomic E-state index is 6.48. The first kappa shape index (κ1) is 22.2. The summed E-state index contributed by atoms with van der Waals surface area (Å²) in [6.07, 6.45) is 0.873. The van der Waals surface area contributed by atoms with E-state index in [1.807, 2.05) is 50.2 Å². The van der Waals surface area contributed by atoms with Gasteiger partial charge in [0.15, 0.2) is 12.1 Å². The molecule has 2 aromatic rings. The number of allylic oxidation sites excluding steroid dienone is 1. The van der Waals surface area contributed by atoms with Crippen LogP contribution in [0.3, 0.4) is 0 Å². The van der Waals surface area contributed by atoms with Crippen molar-refractivity contribution in [2.75, 3.05) is 6.61 Å². The normalized spacial score (nSPS) is 29.0. The van der Waals surface area contributed by atoms with Gasteiger partial charge in [-0.05, 0) is 44.9 Å². The Labute approximate surface area is 184 Å². The Morgan fingerprint density at radius 2 is 1.48 bits per heavy atom. The summed E-state index contributed by atoms with van der Waals surface area (Å²) in [6, 6.07) is 20.3. The minimum atomic E-state index is -0.797. The largest absolute Gasteiger partial charge is 0.373 e. The van der Waals surface area contributed by atoms with Crippen molar-refractivity contribution in [2.24, 2.45) is 0 Å². The van der Waals surface area contributed by atoms with Gasteiger partial charge in [-0.25, -0.2) is 0 Å². The predicted molar refractivity (Wildman–Crippen MR) is 118 cm³/mol. The van der Waals surface area contributed by atoms with E-state index in [1.54, 1.807) is 0 Å². The number of rotatable bonds is 8. The molecular weight excluding hydrogens is 392 g/mol. The standard InChI is InChI=1S/C26H32O5/c1-19(2)15-26(18-27-16-20-11-7-5-8-12-20)23(28-17-21-13-9-6-10-14-21)22-24(31-26)30-25(3,4)29-22/h5-15,22-24H,16-18H2,1-4H3/t22-,23+,24+,26-/m1/s1. The highest BCUT2D eigenvalue weighted by molar-refractivity contribution is 5.20. The first-order valence-electron chi connectivity index (χ1n) is 10.8. The highest BCUT2D eigenvalue weighted by Crippen LogP contribution is 2.45. The van der Waals surface area contributed by atoms with Crippen LogP contribution in [0.15, 0.2) is 72.3 Å². The molecule has 0 aliphatic carbocycles. The minimum absolute atomic E-state index is 0.338. The maximum absolute atomic E-state index is 6.48. The molecule has 4 atom stereocenters. The molecule has 0 radical (unpaired) electrons. The molecule has 5 nitrogen and oxygen atoms in total. The van der Waals surface area contributed by atoms with Gasteiger partial charge in [-0.15, -0.1) is 0 Å². The van der Waals surface area contributed by atoms with E-state index >= 15 is 0 Å². The summed E-state index contributed by atoms with van der Waals surface area (Å²) in [5, 5.41) is 0. The Bertz CT molecular complexity index is 875. The van der Waals surface area contributed by atoms with Crippen LogP contribution in [0.1, 0.15) is 38.8 Å². The summed E-state index contributed by atoms with van der Waals surface area (Å²) in [5.74, 6) is -0.717. The third kappa shape index (κ3) is 5.25. The Kier molecular flexibility index (Phi) is 6.60. The highest BCUT2D eigenvalue weighted by Gasteiger charge is 2.62. The van der Waals surface area contributed by atoms with Gasteiger partial charge in [-0.3, -0.25) is 0 Å². The lowest BCUT2D eigenvalue weighted by Gasteiger charge is -2.35. The Hall–Kier alpha value is -2.02. The van der Waals surface area contributed by atoms with Crippen molar-refractivity contribution in [1.29, 1.82) is 0 Å². The van der Waals surface area contributed by atoms with Gasteiger partial charge in [0.2, 0.25) is 0 Å². The van der Waals surface area contributed by atoms with Crippen LogP contribution in [-0.2, 0) is 36.9 Å². The second kappa shape index (κ2) is 9.23. The smallest absolute Gasteiger partial charge is 0.191 e. The average Bonchev–Trinajstić information content (AvgIpc) is 3.15. The molecule has 5 heteroatoms. The molecule has 2 aromatic carbocycles. The molecule has 2 fully saturated rings. The van der Waals surface area contributed by atoms with Crippen LogP contribution in [0.25, 0.3) is 0 Å². The molecule has 0 spiro atoms. The third-order valence-corrected chi connectivity index (χ3v) is 5.45. The van der Waals surface area contributed by atoms with E-state index in [1.165, 1.54) is 0 Å². The molecule has 0 aromatic heterocycles. The molecule has 2 heterocycles. The second-order valence-corrected chi connectivity index (χ2v) is 8.96. The van der Waals surface area contributed by atoms with Crippen molar-refractivity contribution in [3.63, 3.8) is 0 Å². The summed E-state index contributed by atoms with van der Waals surface area (Å²) in [4.78, 5) is 0. The first-order chi connectivity index (χ1) is 14.9. The number of benzene rings is 2. The Balaban J connectivity index is 1.56. The van der Waals surface area contributed by atoms with Crippen molar-refractivity contribution in [3.8, 4) is 0 Å². The maximum Gasteiger partial charge on any atom is 0.191 e. The van der Waals surface area contributed by atoms with E-state index in [0.717, 1.165) is 16.7 Å². The molecular formula is C26H32O5. The van der Waals surface area contributed by atoms with Gasteiger partial charge in [-0.1, -0.05) is 66.2 Å². The number of hydrogen-bond donors (Lipinski definition) is 0. The van der Waals surface area contributed by atoms with Crippen molar-refractivity contribution >= 4 is 0 Å². The number of fused-ring (bicyclic) bond motifs is 1. The molecule has 0 amide bonds. The third-order valence-electron chi connectivity index (χ3n) is 5.45. The predicted octanol–water partition coefficient (Wildman–Crippen LogP) is 5.00. The van der Waals surface area contributed by atoms with E-state index in [0.29, 0.717) is 19.8 Å². The minimum Gasteiger partial charge on any atom is -0.373 e. The van der Waals surface area contributed by atoms with E-state index in [-0.39, 0.29) is 12.2 Å². The van der Waals surface area contributed by atoms with Gasteiger partial charge in [0.25, 0.3) is 0 Å². The topological polar surface area (TPSA) is 46.2 Å². The lowest BCUT2D eigenvalue weighted by atomic mass is 9.93. The van der Waals surface area contributed by atoms with Gasteiger partial charge in [0.05, 0.1) is 19.8 Å². The van der Waals surface area contributed by atoms with Gasteiger partial charge in [-0.2, -0.15) is 0 Å². The molecule has 0 saturated carbocycles. The van der Waals surface area contributed by atoms with Crippen LogP contribution in [0.4, 0.5) is 0 Å². The quantitative estimate of drug-likeness (QED) is 0.558. The van der Waals surface area contributed by atoms with Gasteiger partial charge in [0, 0.05) is 0 Å². The molecule has 31 heavy (non-hydrogen) atoms. The first-order valence-corrected chi connectivity index (χ1v) is 10.8. The fourth-order valence-electron chi connectivity index (χ4n) is 4.28. The van der Waals surface area contributed by atoms with Crippen LogP contribution in [0.5, 0.6) is 0 Å². The summed E-state index contributed by atoms with van der Waals surface area (Å²) in [5.41, 5.74) is 2.54. The SMILES string of the molecule is CC(C)=C[C@]1(COCc2ccccc2)O[C@@H]2OC(C)(C)O[C@@H]2[C@@H]1OCc1ccccc1. The summed E-state index contributed by atoms with van der Waals surface area (Å²) >= 11 is 0. The van der Waals surface area contributed by atoms with E-state index in [4.69, 9.17) is 23.7 Å². The summed E-state index contributed by atoms with van der Waals surface area (Å²) in [7, 11) is 0.